The molecule has 2 atom stereocenters. The fourth-order valence-electron chi connectivity index (χ4n) is 6.25. The predicted molar refractivity (Wildman–Crippen MR) is 168 cm³/mol. The van der Waals surface area contributed by atoms with E-state index in [-0.39, 0.29) is 29.4 Å². The van der Waals surface area contributed by atoms with Crippen molar-refractivity contribution in [1.82, 2.24) is 24.6 Å². The Labute approximate surface area is 270 Å². The van der Waals surface area contributed by atoms with Crippen LogP contribution in [0.15, 0.2) is 6.20 Å². The number of hydrogen-bond acceptors (Lipinski definition) is 13. The number of terminal acetylenes is 1. The van der Waals surface area contributed by atoms with Crippen molar-refractivity contribution < 1.29 is 38.2 Å². The number of fused-ring (bicyclic) bond motifs is 1. The molecule has 2 aromatic rings. The summed E-state index contributed by atoms with van der Waals surface area (Å²) in [5.41, 5.74) is 0.870. The molecule has 2 unspecified atom stereocenters. The van der Waals surface area contributed by atoms with Gasteiger partial charge in [-0.05, 0) is 43.8 Å². The van der Waals surface area contributed by atoms with E-state index >= 15 is 0 Å². The van der Waals surface area contributed by atoms with Crippen molar-refractivity contribution in [3.05, 3.63) is 11.5 Å². The first-order valence-electron chi connectivity index (χ1n) is 15.5. The predicted octanol–water partition coefficient (Wildman–Crippen LogP) is 2.03. The van der Waals surface area contributed by atoms with Crippen LogP contribution in [0.1, 0.15) is 31.9 Å². The molecular formula is C29H44ClN6O8P. The van der Waals surface area contributed by atoms with Gasteiger partial charge in [-0.1, -0.05) is 5.92 Å². The minimum atomic E-state index is -2.07. The first-order chi connectivity index (χ1) is 22.0. The fourth-order valence-corrected chi connectivity index (χ4v) is 6.68. The molecule has 0 aromatic carbocycles. The van der Waals surface area contributed by atoms with E-state index in [9.17, 15) is 0 Å². The maximum absolute atomic E-state index is 9.06. The smallest absolute Gasteiger partial charge is 0.226 e. The summed E-state index contributed by atoms with van der Waals surface area (Å²) in [5, 5.41) is 5.64. The van der Waals surface area contributed by atoms with Gasteiger partial charge >= 0.3 is 0 Å². The molecule has 3 saturated heterocycles. The van der Waals surface area contributed by atoms with Crippen molar-refractivity contribution in [3.63, 3.8) is 0 Å². The number of halogens is 1. The van der Waals surface area contributed by atoms with Gasteiger partial charge in [-0.2, -0.15) is 15.1 Å². The highest BCUT2D eigenvalue weighted by molar-refractivity contribution is 7.44. The summed E-state index contributed by atoms with van der Waals surface area (Å²) in [7, 11) is -2.07. The third-order valence-corrected chi connectivity index (χ3v) is 8.80. The van der Waals surface area contributed by atoms with Gasteiger partial charge < -0.3 is 48.0 Å². The average molecular weight is 671 g/mol. The number of likely N-dealkylation sites (tertiary alicyclic amines) is 1. The SMILES string of the molecule is C#CCOCCOCCOCCOCCN1CCCC2(C1)CN(c1nc(Cl)nc3c1cnn3C1CCC(COCP(O)O)O1)C2. The van der Waals surface area contributed by atoms with Crippen molar-refractivity contribution in [3.8, 4) is 12.3 Å². The number of hydrogen-bond donors (Lipinski definition) is 2. The lowest BCUT2D eigenvalue weighted by molar-refractivity contribution is -0.0384. The largest absolute Gasteiger partial charge is 0.378 e. The standard InChI is InChI=1S/C29H44ClN6O8P/c1-2-9-39-11-13-41-15-16-42-14-12-40-10-8-34-7-3-6-29(19-34)20-35(21-29)26-24-17-31-36(27(24)33-28(30)32-26)25-5-4-23(44-25)18-43-22-45(37)38/h1,17,23,25,37-38H,3-16,18-22H2. The molecule has 0 aliphatic carbocycles. The molecule has 3 fully saturated rings. The zero-order valence-corrected chi connectivity index (χ0v) is 27.2. The van der Waals surface area contributed by atoms with Crippen LogP contribution >= 0.6 is 20.0 Å². The zero-order chi connectivity index (χ0) is 31.5. The second-order valence-electron chi connectivity index (χ2n) is 11.6. The molecule has 0 bridgehead atoms. The Morgan fingerprint density at radius 3 is 2.47 bits per heavy atom. The van der Waals surface area contributed by atoms with Crippen molar-refractivity contribution in [2.24, 2.45) is 5.41 Å². The van der Waals surface area contributed by atoms with Crippen molar-refractivity contribution in [2.45, 2.75) is 38.0 Å². The van der Waals surface area contributed by atoms with Crippen LogP contribution in [0.3, 0.4) is 0 Å². The molecule has 14 nitrogen and oxygen atoms in total. The minimum absolute atomic E-state index is 0.0845. The summed E-state index contributed by atoms with van der Waals surface area (Å²) in [6, 6.07) is 0. The van der Waals surface area contributed by atoms with E-state index in [4.69, 9.17) is 56.2 Å². The van der Waals surface area contributed by atoms with Gasteiger partial charge in [-0.3, -0.25) is 0 Å². The van der Waals surface area contributed by atoms with Crippen LogP contribution in [-0.4, -0.2) is 139 Å². The van der Waals surface area contributed by atoms with E-state index in [1.807, 2.05) is 0 Å². The summed E-state index contributed by atoms with van der Waals surface area (Å²) in [6.45, 7) is 9.24. The van der Waals surface area contributed by atoms with Gasteiger partial charge in [-0.15, -0.1) is 6.42 Å². The van der Waals surface area contributed by atoms with Gasteiger partial charge in [0, 0.05) is 31.6 Å². The second kappa shape index (κ2) is 17.4. The first kappa shape index (κ1) is 34.6. The lowest BCUT2D eigenvalue weighted by Crippen LogP contribution is -2.63. The molecular weight excluding hydrogens is 627 g/mol. The molecule has 0 saturated carbocycles. The lowest BCUT2D eigenvalue weighted by atomic mass is 9.73. The fraction of sp³-hybridized carbons (Fsp3) is 0.759. The van der Waals surface area contributed by atoms with Gasteiger partial charge in [0.25, 0.3) is 0 Å². The van der Waals surface area contributed by atoms with Gasteiger partial charge in [0.15, 0.2) is 20.3 Å². The Bertz CT molecular complexity index is 1250. The Balaban J connectivity index is 1.02. The number of nitrogens with zero attached hydrogens (tertiary/aromatic N) is 6. The van der Waals surface area contributed by atoms with Gasteiger partial charge in [0.2, 0.25) is 5.28 Å². The molecule has 45 heavy (non-hydrogen) atoms. The molecule has 5 rings (SSSR count). The Morgan fingerprint density at radius 2 is 1.73 bits per heavy atom. The van der Waals surface area contributed by atoms with E-state index in [0.717, 1.165) is 63.2 Å². The first-order valence-corrected chi connectivity index (χ1v) is 17.3. The number of piperidine rings is 1. The highest BCUT2D eigenvalue weighted by Crippen LogP contribution is 2.43. The molecule has 0 radical (unpaired) electrons. The molecule has 3 aliphatic heterocycles. The van der Waals surface area contributed by atoms with E-state index in [1.54, 1.807) is 10.9 Å². The maximum Gasteiger partial charge on any atom is 0.226 e. The highest BCUT2D eigenvalue weighted by Gasteiger charge is 2.46. The van der Waals surface area contributed by atoms with Gasteiger partial charge in [0.1, 0.15) is 18.8 Å². The Morgan fingerprint density at radius 1 is 1.00 bits per heavy atom. The summed E-state index contributed by atoms with van der Waals surface area (Å²) in [4.78, 5) is 32.0. The topological polar surface area (TPSA) is 146 Å². The summed E-state index contributed by atoms with van der Waals surface area (Å²) < 4.78 is 35.2. The van der Waals surface area contributed by atoms with E-state index in [0.29, 0.717) is 65.1 Å². The van der Waals surface area contributed by atoms with Crippen molar-refractivity contribution >= 4 is 36.8 Å². The van der Waals surface area contributed by atoms with Gasteiger partial charge in [0.05, 0.1) is 70.5 Å². The second-order valence-corrected chi connectivity index (χ2v) is 13.0. The molecule has 250 valence electrons. The highest BCUT2D eigenvalue weighted by atomic mass is 35.5. The average Bonchev–Trinajstić information content (AvgIpc) is 3.65. The molecule has 3 aliphatic rings. The molecule has 0 amide bonds. The van der Waals surface area contributed by atoms with Crippen LogP contribution in [0.25, 0.3) is 11.0 Å². The third-order valence-electron chi connectivity index (χ3n) is 8.22. The summed E-state index contributed by atoms with van der Waals surface area (Å²) in [6.07, 6.45) is 10.2. The molecule has 16 heteroatoms. The lowest BCUT2D eigenvalue weighted by Gasteiger charge is -2.55. The van der Waals surface area contributed by atoms with Crippen LogP contribution < -0.4 is 4.90 Å². The normalized spacial score (nSPS) is 21.6. The maximum atomic E-state index is 9.06. The quantitative estimate of drug-likeness (QED) is 0.0974. The van der Waals surface area contributed by atoms with Crippen molar-refractivity contribution in [1.29, 1.82) is 0 Å². The van der Waals surface area contributed by atoms with Crippen LogP contribution in [0.4, 0.5) is 5.82 Å². The van der Waals surface area contributed by atoms with Crippen LogP contribution in [0.2, 0.25) is 5.28 Å². The number of ether oxygens (including phenoxy) is 6. The molecule has 1 spiro atoms. The minimum Gasteiger partial charge on any atom is -0.378 e. The molecule has 2 N–H and O–H groups in total. The van der Waals surface area contributed by atoms with E-state index in [1.165, 1.54) is 6.42 Å². The number of aromatic nitrogens is 4. The Kier molecular flexibility index (Phi) is 13.4. The van der Waals surface area contributed by atoms with Crippen molar-refractivity contribution in [2.75, 3.05) is 103 Å². The monoisotopic (exact) mass is 670 g/mol. The third kappa shape index (κ3) is 9.89. The summed E-state index contributed by atoms with van der Waals surface area (Å²) >= 11 is 6.41. The Hall–Kier alpha value is -1.73. The number of rotatable bonds is 19. The zero-order valence-electron chi connectivity index (χ0n) is 25.6. The van der Waals surface area contributed by atoms with Crippen LogP contribution in [0, 0.1) is 17.8 Å². The van der Waals surface area contributed by atoms with E-state index in [2.05, 4.69) is 30.8 Å². The van der Waals surface area contributed by atoms with Crippen LogP contribution in [-0.2, 0) is 28.4 Å². The van der Waals surface area contributed by atoms with Gasteiger partial charge in [-0.25, -0.2) is 4.68 Å². The van der Waals surface area contributed by atoms with E-state index < -0.39 is 8.38 Å². The van der Waals surface area contributed by atoms with Crippen LogP contribution in [0.5, 0.6) is 0 Å². The molecule has 5 heterocycles. The summed E-state index contributed by atoms with van der Waals surface area (Å²) in [5.74, 6) is 3.22. The molecule has 2 aromatic heterocycles. The number of anilines is 1.